The summed E-state index contributed by atoms with van der Waals surface area (Å²) in [6, 6.07) is 15.1. The van der Waals surface area contributed by atoms with E-state index in [1.54, 1.807) is 6.07 Å². The van der Waals surface area contributed by atoms with Crippen molar-refractivity contribution in [2.24, 2.45) is 0 Å². The number of rotatable bonds is 10. The Morgan fingerprint density at radius 1 is 1.03 bits per heavy atom. The van der Waals surface area contributed by atoms with Gasteiger partial charge in [0.1, 0.15) is 11.6 Å². The molecule has 2 aromatic carbocycles. The number of aryl methyl sites for hydroxylation is 2. The number of aromatic nitrogens is 2. The van der Waals surface area contributed by atoms with E-state index in [0.717, 1.165) is 62.5 Å². The Hall–Kier alpha value is -3.19. The van der Waals surface area contributed by atoms with Gasteiger partial charge in [0.2, 0.25) is 0 Å². The van der Waals surface area contributed by atoms with Crippen molar-refractivity contribution in [2.45, 2.75) is 79.4 Å². The summed E-state index contributed by atoms with van der Waals surface area (Å²) in [6.45, 7) is 16.8. The molecule has 1 amide bonds. The standard InChI is InChI=1S/C32H44FN5O/c1-7-8-10-26-13-15-27(16-14-26)32(39)37(24(4)5)22-30-25(6)34-38(29-12-9-11-28(33)21-29)31(30)36-19-17-35(18-20-36)23(2)3/h9,11-16,21,23-24H,7-8,10,17-20,22H2,1-6H3. The average Bonchev–Trinajstić information content (AvgIpc) is 3.26. The van der Waals surface area contributed by atoms with E-state index in [4.69, 9.17) is 5.10 Å². The Morgan fingerprint density at radius 3 is 2.31 bits per heavy atom. The van der Waals surface area contributed by atoms with Crippen molar-refractivity contribution < 1.29 is 9.18 Å². The molecule has 1 aromatic heterocycles. The zero-order chi connectivity index (χ0) is 28.1. The minimum absolute atomic E-state index is 0.000161. The van der Waals surface area contributed by atoms with Crippen molar-refractivity contribution in [3.63, 3.8) is 0 Å². The lowest BCUT2D eigenvalue weighted by Crippen LogP contribution is -2.49. The first-order chi connectivity index (χ1) is 18.7. The monoisotopic (exact) mass is 533 g/mol. The highest BCUT2D eigenvalue weighted by Gasteiger charge is 2.29. The molecule has 39 heavy (non-hydrogen) atoms. The maximum absolute atomic E-state index is 14.3. The van der Waals surface area contributed by atoms with Crippen molar-refractivity contribution >= 4 is 11.7 Å². The van der Waals surface area contributed by atoms with E-state index in [2.05, 4.69) is 56.6 Å². The van der Waals surface area contributed by atoms with Crippen LogP contribution in [0.1, 0.15) is 74.6 Å². The van der Waals surface area contributed by atoms with E-state index < -0.39 is 0 Å². The van der Waals surface area contributed by atoms with Gasteiger partial charge in [0.25, 0.3) is 5.91 Å². The quantitative estimate of drug-likeness (QED) is 0.309. The highest BCUT2D eigenvalue weighted by atomic mass is 19.1. The Labute approximate surface area is 233 Å². The molecule has 0 unspecified atom stereocenters. The van der Waals surface area contributed by atoms with Gasteiger partial charge in [-0.15, -0.1) is 0 Å². The molecule has 0 atom stereocenters. The van der Waals surface area contributed by atoms with E-state index in [-0.39, 0.29) is 17.8 Å². The third-order valence-electron chi connectivity index (χ3n) is 7.79. The first-order valence-electron chi connectivity index (χ1n) is 14.4. The summed E-state index contributed by atoms with van der Waals surface area (Å²) in [4.78, 5) is 20.5. The summed E-state index contributed by atoms with van der Waals surface area (Å²) in [5, 5.41) is 4.89. The molecule has 0 N–H and O–H groups in total. The molecule has 4 rings (SSSR count). The van der Waals surface area contributed by atoms with Gasteiger partial charge in [-0.3, -0.25) is 9.69 Å². The fourth-order valence-corrected chi connectivity index (χ4v) is 5.32. The second-order valence-corrected chi connectivity index (χ2v) is 11.2. The second-order valence-electron chi connectivity index (χ2n) is 11.2. The van der Waals surface area contributed by atoms with Crippen LogP contribution in [0.5, 0.6) is 0 Å². The van der Waals surface area contributed by atoms with Crippen LogP contribution < -0.4 is 4.90 Å². The van der Waals surface area contributed by atoms with Gasteiger partial charge < -0.3 is 9.80 Å². The highest BCUT2D eigenvalue weighted by Crippen LogP contribution is 2.31. The van der Waals surface area contributed by atoms with Crippen LogP contribution in [-0.2, 0) is 13.0 Å². The molecule has 7 heteroatoms. The number of amides is 1. The third-order valence-corrected chi connectivity index (χ3v) is 7.79. The minimum Gasteiger partial charge on any atom is -0.354 e. The van der Waals surface area contributed by atoms with Crippen LogP contribution in [0.4, 0.5) is 10.2 Å². The number of carbonyl (C=O) groups excluding carboxylic acids is 1. The number of hydrogen-bond donors (Lipinski definition) is 0. The number of piperazine rings is 1. The molecule has 2 heterocycles. The molecule has 1 aliphatic heterocycles. The number of hydrogen-bond acceptors (Lipinski definition) is 4. The maximum atomic E-state index is 14.3. The van der Waals surface area contributed by atoms with Gasteiger partial charge in [-0.05, 0) is 83.4 Å². The molecule has 1 saturated heterocycles. The van der Waals surface area contributed by atoms with Crippen molar-refractivity contribution in [1.82, 2.24) is 19.6 Å². The van der Waals surface area contributed by atoms with Gasteiger partial charge in [0.15, 0.2) is 0 Å². The number of unbranched alkanes of at least 4 members (excludes halogenated alkanes) is 1. The molecule has 1 fully saturated rings. The minimum atomic E-state index is -0.292. The molecular weight excluding hydrogens is 489 g/mol. The van der Waals surface area contributed by atoms with Crippen LogP contribution in [0.15, 0.2) is 48.5 Å². The first kappa shape index (κ1) is 28.8. The summed E-state index contributed by atoms with van der Waals surface area (Å²) in [5.41, 5.74) is 4.52. The van der Waals surface area contributed by atoms with Crippen LogP contribution in [0.3, 0.4) is 0 Å². The second kappa shape index (κ2) is 12.8. The fourth-order valence-electron chi connectivity index (χ4n) is 5.32. The molecule has 0 bridgehead atoms. The molecule has 0 saturated carbocycles. The molecule has 6 nitrogen and oxygen atoms in total. The van der Waals surface area contributed by atoms with Crippen molar-refractivity contribution in [2.75, 3.05) is 31.1 Å². The van der Waals surface area contributed by atoms with E-state index in [0.29, 0.717) is 23.8 Å². The van der Waals surface area contributed by atoms with Crippen LogP contribution in [0.2, 0.25) is 0 Å². The number of benzene rings is 2. The molecule has 0 aliphatic carbocycles. The predicted molar refractivity (Wildman–Crippen MR) is 157 cm³/mol. The van der Waals surface area contributed by atoms with Crippen LogP contribution in [0, 0.1) is 12.7 Å². The van der Waals surface area contributed by atoms with E-state index in [1.165, 1.54) is 17.7 Å². The fraction of sp³-hybridized carbons (Fsp3) is 0.500. The van der Waals surface area contributed by atoms with Crippen LogP contribution >= 0.6 is 0 Å². The van der Waals surface area contributed by atoms with Crippen molar-refractivity contribution in [1.29, 1.82) is 0 Å². The van der Waals surface area contributed by atoms with Gasteiger partial charge in [-0.2, -0.15) is 5.10 Å². The summed E-state index contributed by atoms with van der Waals surface area (Å²) in [6.07, 6.45) is 3.33. The SMILES string of the molecule is CCCCc1ccc(C(=O)N(Cc2c(C)nn(-c3cccc(F)c3)c2N2CCN(C(C)C)CC2)C(C)C)cc1. The number of carbonyl (C=O) groups is 1. The number of anilines is 1. The third kappa shape index (κ3) is 6.70. The molecule has 0 radical (unpaired) electrons. The molecule has 3 aromatic rings. The van der Waals surface area contributed by atoms with Crippen LogP contribution in [-0.4, -0.2) is 63.8 Å². The lowest BCUT2D eigenvalue weighted by Gasteiger charge is -2.39. The van der Waals surface area contributed by atoms with Gasteiger partial charge in [0.05, 0.1) is 17.9 Å². The maximum Gasteiger partial charge on any atom is 0.254 e. The van der Waals surface area contributed by atoms with Crippen molar-refractivity contribution in [3.8, 4) is 5.69 Å². The Balaban J connectivity index is 1.69. The summed E-state index contributed by atoms with van der Waals surface area (Å²) in [7, 11) is 0. The summed E-state index contributed by atoms with van der Waals surface area (Å²) in [5.74, 6) is 0.676. The number of nitrogens with zero attached hydrogens (tertiary/aromatic N) is 5. The summed E-state index contributed by atoms with van der Waals surface area (Å²) >= 11 is 0. The lowest BCUT2D eigenvalue weighted by atomic mass is 10.0. The first-order valence-corrected chi connectivity index (χ1v) is 14.4. The van der Waals surface area contributed by atoms with Gasteiger partial charge >= 0.3 is 0 Å². The normalized spacial score (nSPS) is 14.4. The van der Waals surface area contributed by atoms with Crippen LogP contribution in [0.25, 0.3) is 5.69 Å². The Morgan fingerprint density at radius 2 is 1.72 bits per heavy atom. The molecule has 210 valence electrons. The smallest absolute Gasteiger partial charge is 0.254 e. The zero-order valence-corrected chi connectivity index (χ0v) is 24.5. The van der Waals surface area contributed by atoms with E-state index in [1.807, 2.05) is 34.7 Å². The van der Waals surface area contributed by atoms with Crippen molar-refractivity contribution in [3.05, 3.63) is 76.7 Å². The van der Waals surface area contributed by atoms with E-state index in [9.17, 15) is 9.18 Å². The Kier molecular flexibility index (Phi) is 9.44. The number of halogens is 1. The van der Waals surface area contributed by atoms with E-state index >= 15 is 0 Å². The summed E-state index contributed by atoms with van der Waals surface area (Å²) < 4.78 is 16.1. The highest BCUT2D eigenvalue weighted by molar-refractivity contribution is 5.94. The van der Waals surface area contributed by atoms with Gasteiger partial charge in [0, 0.05) is 49.4 Å². The predicted octanol–water partition coefficient (Wildman–Crippen LogP) is 6.24. The van der Waals surface area contributed by atoms with Gasteiger partial charge in [-0.1, -0.05) is 31.5 Å². The Bertz CT molecular complexity index is 1240. The molecule has 1 aliphatic rings. The lowest BCUT2D eigenvalue weighted by molar-refractivity contribution is 0.0690. The zero-order valence-electron chi connectivity index (χ0n) is 24.5. The van der Waals surface area contributed by atoms with Gasteiger partial charge in [-0.25, -0.2) is 9.07 Å². The molecule has 0 spiro atoms. The largest absolute Gasteiger partial charge is 0.354 e. The molecular formula is C32H44FN5O. The average molecular weight is 534 g/mol. The topological polar surface area (TPSA) is 44.6 Å².